The van der Waals surface area contributed by atoms with E-state index in [2.05, 4.69) is 14.8 Å². The smallest absolute Gasteiger partial charge is 0.387 e. The van der Waals surface area contributed by atoms with Gasteiger partial charge in [-0.15, -0.1) is 0 Å². The van der Waals surface area contributed by atoms with Crippen molar-refractivity contribution in [3.63, 3.8) is 0 Å². The van der Waals surface area contributed by atoms with Gasteiger partial charge in [0.15, 0.2) is 11.5 Å². The van der Waals surface area contributed by atoms with Crippen LogP contribution in [0.25, 0.3) is 0 Å². The predicted octanol–water partition coefficient (Wildman–Crippen LogP) is 2.43. The number of amides is 1. The Kier molecular flexibility index (Phi) is 7.64. The molecule has 0 atom stereocenters. The molecule has 1 amide bonds. The molecule has 0 aromatic heterocycles. The summed E-state index contributed by atoms with van der Waals surface area (Å²) >= 11 is 0. The number of sulfonamides is 1. The van der Waals surface area contributed by atoms with E-state index >= 15 is 0 Å². The number of rotatable bonds is 9. The number of alkyl halides is 2. The molecular weight excluding hydrogens is 434 g/mol. The van der Waals surface area contributed by atoms with Gasteiger partial charge in [0.25, 0.3) is 0 Å². The zero-order valence-electron chi connectivity index (χ0n) is 16.5. The first kappa shape index (κ1) is 22.8. The molecule has 2 aromatic carbocycles. The van der Waals surface area contributed by atoms with Crippen molar-refractivity contribution in [2.24, 2.45) is 0 Å². The number of carbonyl (C=O) groups is 1. The molecular formula is C20H22F2N2O6S. The lowest BCUT2D eigenvalue weighted by Crippen LogP contribution is -2.30. The van der Waals surface area contributed by atoms with Gasteiger partial charge < -0.3 is 19.5 Å². The van der Waals surface area contributed by atoms with Crippen molar-refractivity contribution in [3.8, 4) is 17.2 Å². The molecule has 0 spiro atoms. The maximum atomic E-state index is 12.5. The van der Waals surface area contributed by atoms with Gasteiger partial charge in [0.2, 0.25) is 15.9 Å². The van der Waals surface area contributed by atoms with Gasteiger partial charge in [0, 0.05) is 32.0 Å². The van der Waals surface area contributed by atoms with Crippen molar-refractivity contribution in [1.82, 2.24) is 10.0 Å². The first-order valence-corrected chi connectivity index (χ1v) is 11.0. The lowest BCUT2D eigenvalue weighted by Gasteiger charge is -2.11. The van der Waals surface area contributed by atoms with Gasteiger partial charge in [-0.25, -0.2) is 13.1 Å². The van der Waals surface area contributed by atoms with Crippen LogP contribution >= 0.6 is 0 Å². The summed E-state index contributed by atoms with van der Waals surface area (Å²) in [6, 6.07) is 10.2. The summed E-state index contributed by atoms with van der Waals surface area (Å²) in [6.07, 6.45) is 0.633. The van der Waals surface area contributed by atoms with Gasteiger partial charge in [0.05, 0.1) is 18.1 Å². The summed E-state index contributed by atoms with van der Waals surface area (Å²) in [6.45, 7) is -1.89. The maximum Gasteiger partial charge on any atom is 0.387 e. The number of ether oxygens (including phenoxy) is 3. The molecule has 0 radical (unpaired) electrons. The average Bonchev–Trinajstić information content (AvgIpc) is 2.97. The van der Waals surface area contributed by atoms with Crippen LogP contribution in [0.15, 0.2) is 47.4 Å². The van der Waals surface area contributed by atoms with Crippen molar-refractivity contribution >= 4 is 15.9 Å². The van der Waals surface area contributed by atoms with Gasteiger partial charge in [-0.05, 0) is 29.8 Å². The van der Waals surface area contributed by atoms with Crippen LogP contribution in [0.3, 0.4) is 0 Å². The van der Waals surface area contributed by atoms with Crippen molar-refractivity contribution in [2.75, 3.05) is 19.8 Å². The van der Waals surface area contributed by atoms with Gasteiger partial charge >= 0.3 is 6.61 Å². The second kappa shape index (κ2) is 10.4. The van der Waals surface area contributed by atoms with E-state index in [1.54, 1.807) is 18.2 Å². The molecule has 0 saturated carbocycles. The Labute approximate surface area is 178 Å². The van der Waals surface area contributed by atoms with E-state index in [9.17, 15) is 22.0 Å². The number of hydrogen-bond donors (Lipinski definition) is 2. The number of nitrogens with one attached hydrogen (secondary N) is 2. The van der Waals surface area contributed by atoms with E-state index in [1.807, 2.05) is 0 Å². The lowest BCUT2D eigenvalue weighted by atomic mass is 10.2. The third kappa shape index (κ3) is 6.79. The van der Waals surface area contributed by atoms with Crippen molar-refractivity contribution < 1.29 is 36.2 Å². The Balaban J connectivity index is 1.45. The van der Waals surface area contributed by atoms with Crippen molar-refractivity contribution in [2.45, 2.75) is 30.9 Å². The van der Waals surface area contributed by atoms with Crippen molar-refractivity contribution in [1.29, 1.82) is 0 Å². The molecule has 3 rings (SSSR count). The summed E-state index contributed by atoms with van der Waals surface area (Å²) in [7, 11) is -3.82. The Morgan fingerprint density at radius 2 is 1.77 bits per heavy atom. The predicted molar refractivity (Wildman–Crippen MR) is 107 cm³/mol. The molecule has 8 nitrogen and oxygen atoms in total. The molecule has 1 aliphatic heterocycles. The van der Waals surface area contributed by atoms with Crippen LogP contribution in [0.1, 0.15) is 18.4 Å². The molecule has 0 bridgehead atoms. The Morgan fingerprint density at radius 1 is 1.06 bits per heavy atom. The monoisotopic (exact) mass is 456 g/mol. The summed E-state index contributed by atoms with van der Waals surface area (Å²) in [5, 5.41) is 2.63. The molecule has 11 heteroatoms. The highest BCUT2D eigenvalue weighted by Gasteiger charge is 2.19. The summed E-state index contributed by atoms with van der Waals surface area (Å²) in [5.41, 5.74) is 0.683. The van der Waals surface area contributed by atoms with Crippen LogP contribution in [0.2, 0.25) is 0 Å². The van der Waals surface area contributed by atoms with Crippen molar-refractivity contribution in [3.05, 3.63) is 48.0 Å². The second-order valence-electron chi connectivity index (χ2n) is 6.61. The van der Waals surface area contributed by atoms with E-state index < -0.39 is 16.6 Å². The quantitative estimate of drug-likeness (QED) is 0.601. The van der Waals surface area contributed by atoms with Gasteiger partial charge in [-0.3, -0.25) is 4.79 Å². The maximum absolute atomic E-state index is 12.5. The van der Waals surface area contributed by atoms with Crippen LogP contribution in [0.5, 0.6) is 17.2 Å². The van der Waals surface area contributed by atoms with E-state index in [1.165, 1.54) is 24.3 Å². The number of hydrogen-bond acceptors (Lipinski definition) is 6. The minimum absolute atomic E-state index is 0.0169. The highest BCUT2D eigenvalue weighted by molar-refractivity contribution is 7.89. The number of benzene rings is 2. The minimum Gasteiger partial charge on any atom is -0.490 e. The fourth-order valence-corrected chi connectivity index (χ4v) is 3.82. The molecule has 1 heterocycles. The molecule has 2 N–H and O–H groups in total. The van der Waals surface area contributed by atoms with Crippen LogP contribution in [-0.2, 0) is 21.4 Å². The van der Waals surface area contributed by atoms with Gasteiger partial charge in [-0.2, -0.15) is 8.78 Å². The molecule has 168 valence electrons. The van der Waals surface area contributed by atoms with Crippen LogP contribution in [-0.4, -0.2) is 40.7 Å². The standard InChI is InChI=1S/C20H22F2N2O6S/c21-20(22)30-15-4-2-14(3-5-15)13-23-19(25)8-9-24-31(26,27)16-6-7-17-18(12-16)29-11-1-10-28-17/h2-7,12,20,24H,1,8-11,13H2,(H,23,25). The molecule has 1 aliphatic rings. The van der Waals surface area contributed by atoms with Gasteiger partial charge in [-0.1, -0.05) is 12.1 Å². The molecule has 0 fully saturated rings. The SMILES string of the molecule is O=C(CCNS(=O)(=O)c1ccc2c(c1)OCCCO2)NCc1ccc(OC(F)F)cc1. The molecule has 0 unspecified atom stereocenters. The highest BCUT2D eigenvalue weighted by atomic mass is 32.2. The molecule has 0 saturated heterocycles. The molecule has 31 heavy (non-hydrogen) atoms. The topological polar surface area (TPSA) is 103 Å². The van der Waals surface area contributed by atoms with Crippen LogP contribution < -0.4 is 24.2 Å². The number of halogens is 2. The lowest BCUT2D eigenvalue weighted by molar-refractivity contribution is -0.121. The Morgan fingerprint density at radius 3 is 2.48 bits per heavy atom. The van der Waals surface area contributed by atoms with E-state index in [0.717, 1.165) is 0 Å². The summed E-state index contributed by atoms with van der Waals surface area (Å²) in [5.74, 6) is 0.510. The normalized spacial score (nSPS) is 13.5. The largest absolute Gasteiger partial charge is 0.490 e. The van der Waals surface area contributed by atoms with E-state index in [4.69, 9.17) is 9.47 Å². The second-order valence-corrected chi connectivity index (χ2v) is 8.37. The minimum atomic E-state index is -3.82. The summed E-state index contributed by atoms with van der Waals surface area (Å²) in [4.78, 5) is 12.0. The highest BCUT2D eigenvalue weighted by Crippen LogP contribution is 2.31. The van der Waals surface area contributed by atoms with E-state index in [-0.39, 0.29) is 36.1 Å². The van der Waals surface area contributed by atoms with Gasteiger partial charge in [0.1, 0.15) is 5.75 Å². The Bertz CT molecular complexity index is 999. The number of carbonyl (C=O) groups excluding carboxylic acids is 1. The van der Waals surface area contributed by atoms with Crippen LogP contribution in [0.4, 0.5) is 8.78 Å². The molecule has 0 aliphatic carbocycles. The average molecular weight is 456 g/mol. The molecule has 2 aromatic rings. The number of fused-ring (bicyclic) bond motifs is 1. The zero-order valence-corrected chi connectivity index (χ0v) is 17.3. The fourth-order valence-electron chi connectivity index (χ4n) is 2.77. The fraction of sp³-hybridized carbons (Fsp3) is 0.350. The first-order valence-electron chi connectivity index (χ1n) is 9.53. The summed E-state index contributed by atoms with van der Waals surface area (Å²) < 4.78 is 66.8. The third-order valence-electron chi connectivity index (χ3n) is 4.31. The van der Waals surface area contributed by atoms with Crippen LogP contribution in [0, 0.1) is 0 Å². The third-order valence-corrected chi connectivity index (χ3v) is 5.77. The first-order chi connectivity index (χ1) is 14.8. The van der Waals surface area contributed by atoms with E-state index in [0.29, 0.717) is 36.7 Å². The zero-order chi connectivity index (χ0) is 22.3. The Hall–Kier alpha value is -2.92.